The summed E-state index contributed by atoms with van der Waals surface area (Å²) in [6.45, 7) is 0. The first kappa shape index (κ1) is 14.5. The van der Waals surface area contributed by atoms with Gasteiger partial charge < -0.3 is 11.1 Å². The maximum absolute atomic E-state index is 12.8. The van der Waals surface area contributed by atoms with Crippen molar-refractivity contribution in [3.05, 3.63) is 29.3 Å². The van der Waals surface area contributed by atoms with Crippen LogP contribution < -0.4 is 11.1 Å². The van der Waals surface area contributed by atoms with Crippen LogP contribution in [-0.2, 0) is 6.18 Å². The van der Waals surface area contributed by atoms with Crippen LogP contribution in [0.3, 0.4) is 0 Å². The van der Waals surface area contributed by atoms with Crippen molar-refractivity contribution in [3.8, 4) is 0 Å². The Kier molecular flexibility index (Phi) is 4.25. The van der Waals surface area contributed by atoms with Gasteiger partial charge in [0.2, 0.25) is 0 Å². The fourth-order valence-corrected chi connectivity index (χ4v) is 3.29. The molecule has 2 nitrogen and oxygen atoms in total. The number of nitrogens with two attached hydrogens (primary N) is 1. The van der Waals surface area contributed by atoms with Crippen LogP contribution in [0.5, 0.6) is 0 Å². The van der Waals surface area contributed by atoms with E-state index in [1.807, 2.05) is 11.8 Å². The first-order valence-electron chi connectivity index (χ1n) is 5.73. The Morgan fingerprint density at radius 1 is 1.42 bits per heavy atom. The van der Waals surface area contributed by atoms with E-state index in [0.29, 0.717) is 11.7 Å². The largest absolute Gasteiger partial charge is 0.417 e. The lowest BCUT2D eigenvalue weighted by Crippen LogP contribution is -2.21. The summed E-state index contributed by atoms with van der Waals surface area (Å²) in [5.41, 5.74) is 5.10. The molecule has 1 aliphatic rings. The topological polar surface area (TPSA) is 38.0 Å². The lowest BCUT2D eigenvalue weighted by Gasteiger charge is -2.17. The van der Waals surface area contributed by atoms with Gasteiger partial charge in [-0.25, -0.2) is 0 Å². The highest BCUT2D eigenvalue weighted by molar-refractivity contribution is 7.99. The zero-order valence-electron chi connectivity index (χ0n) is 9.96. The molecule has 3 N–H and O–H groups in total. The van der Waals surface area contributed by atoms with Crippen molar-refractivity contribution in [1.29, 1.82) is 0 Å². The van der Waals surface area contributed by atoms with Crippen LogP contribution in [0.15, 0.2) is 18.2 Å². The molecule has 1 atom stereocenters. The summed E-state index contributed by atoms with van der Waals surface area (Å²) >= 11 is 6.53. The molecule has 0 radical (unpaired) electrons. The molecule has 1 aromatic rings. The smallest absolute Gasteiger partial charge is 0.389 e. The van der Waals surface area contributed by atoms with Gasteiger partial charge in [0.1, 0.15) is 4.99 Å². The van der Waals surface area contributed by atoms with Gasteiger partial charge in [-0.05, 0) is 30.4 Å². The minimum absolute atomic E-state index is 0.127. The molecule has 1 fully saturated rings. The Morgan fingerprint density at radius 2 is 2.16 bits per heavy atom. The minimum Gasteiger partial charge on any atom is -0.389 e. The summed E-state index contributed by atoms with van der Waals surface area (Å²) in [5.74, 6) is 2.03. The van der Waals surface area contributed by atoms with Gasteiger partial charge in [-0.2, -0.15) is 24.9 Å². The van der Waals surface area contributed by atoms with Gasteiger partial charge in [-0.1, -0.05) is 12.2 Å². The third kappa shape index (κ3) is 3.54. The number of hydrogen-bond acceptors (Lipinski definition) is 3. The van der Waals surface area contributed by atoms with Crippen molar-refractivity contribution in [2.45, 2.75) is 18.6 Å². The molecular weight excluding hydrogens is 293 g/mol. The second-order valence-corrected chi connectivity index (χ2v) is 5.92. The number of anilines is 1. The number of nitrogens with one attached hydrogen (secondary N) is 1. The van der Waals surface area contributed by atoms with E-state index in [-0.39, 0.29) is 10.6 Å². The number of rotatable bonds is 3. The highest BCUT2D eigenvalue weighted by Crippen LogP contribution is 2.33. The summed E-state index contributed by atoms with van der Waals surface area (Å²) in [6, 6.07) is 4.13. The number of alkyl halides is 3. The van der Waals surface area contributed by atoms with Crippen LogP contribution in [0.4, 0.5) is 18.9 Å². The molecule has 1 unspecified atom stereocenters. The van der Waals surface area contributed by atoms with Crippen molar-refractivity contribution in [2.75, 3.05) is 16.8 Å². The normalized spacial score (nSPS) is 19.4. The molecular formula is C12H13F3N2S2. The fraction of sp³-hybridized carbons (Fsp3) is 0.417. The number of thioether (sulfide) groups is 1. The first-order chi connectivity index (χ1) is 8.88. The Balaban J connectivity index is 2.28. The minimum atomic E-state index is -4.44. The van der Waals surface area contributed by atoms with Crippen LogP contribution in [0.2, 0.25) is 0 Å². The summed E-state index contributed by atoms with van der Waals surface area (Å²) in [7, 11) is 0. The average Bonchev–Trinajstić information content (AvgIpc) is 2.80. The molecule has 1 aliphatic heterocycles. The number of hydrogen-bond donors (Lipinski definition) is 2. The van der Waals surface area contributed by atoms with Gasteiger partial charge >= 0.3 is 6.18 Å². The lowest BCUT2D eigenvalue weighted by molar-refractivity contribution is -0.137. The molecule has 19 heavy (non-hydrogen) atoms. The van der Waals surface area contributed by atoms with Crippen LogP contribution in [0.1, 0.15) is 17.5 Å². The molecule has 0 saturated carbocycles. The van der Waals surface area contributed by atoms with Gasteiger partial charge in [-0.3, -0.25) is 0 Å². The van der Waals surface area contributed by atoms with Crippen molar-refractivity contribution >= 4 is 34.7 Å². The Morgan fingerprint density at radius 3 is 2.68 bits per heavy atom. The monoisotopic (exact) mass is 306 g/mol. The number of halogens is 3. The van der Waals surface area contributed by atoms with E-state index in [0.717, 1.165) is 24.0 Å². The van der Waals surface area contributed by atoms with Gasteiger partial charge in [0.05, 0.1) is 5.56 Å². The highest BCUT2D eigenvalue weighted by Gasteiger charge is 2.34. The molecule has 0 aromatic heterocycles. The summed E-state index contributed by atoms with van der Waals surface area (Å²) in [6.07, 6.45) is -3.44. The predicted molar refractivity (Wildman–Crippen MR) is 76.7 cm³/mol. The van der Waals surface area contributed by atoms with Gasteiger partial charge in [-0.15, -0.1) is 0 Å². The summed E-state index contributed by atoms with van der Waals surface area (Å²) < 4.78 is 38.4. The quantitative estimate of drug-likeness (QED) is 0.841. The second kappa shape index (κ2) is 5.58. The SMILES string of the molecule is NC(=S)c1cc(NC2CCSC2)ccc1C(F)(F)F. The molecule has 0 bridgehead atoms. The van der Waals surface area contributed by atoms with Crippen molar-refractivity contribution < 1.29 is 13.2 Å². The average molecular weight is 306 g/mol. The Hall–Kier alpha value is -0.950. The van der Waals surface area contributed by atoms with E-state index in [1.165, 1.54) is 12.1 Å². The Bertz CT molecular complexity index is 482. The van der Waals surface area contributed by atoms with E-state index in [2.05, 4.69) is 5.32 Å². The number of thiocarbonyl (C=S) groups is 1. The Labute approximate surface area is 118 Å². The zero-order chi connectivity index (χ0) is 14.0. The van der Waals surface area contributed by atoms with Gasteiger partial charge in [0.25, 0.3) is 0 Å². The predicted octanol–water partition coefficient (Wildman–Crippen LogP) is 3.26. The zero-order valence-corrected chi connectivity index (χ0v) is 11.6. The van der Waals surface area contributed by atoms with Crippen LogP contribution in [0.25, 0.3) is 0 Å². The standard InChI is InChI=1S/C12H13F3N2S2/c13-12(14,15)10-2-1-7(5-9(10)11(16)18)17-8-3-4-19-6-8/h1-2,5,8,17H,3-4,6H2,(H2,16,18). The van der Waals surface area contributed by atoms with E-state index < -0.39 is 11.7 Å². The van der Waals surface area contributed by atoms with E-state index in [1.54, 1.807) is 0 Å². The molecule has 1 saturated heterocycles. The van der Waals surface area contributed by atoms with Crippen LogP contribution in [-0.4, -0.2) is 22.5 Å². The molecule has 1 heterocycles. The van der Waals surface area contributed by atoms with Gasteiger partial charge in [0, 0.05) is 23.0 Å². The second-order valence-electron chi connectivity index (χ2n) is 4.33. The maximum atomic E-state index is 12.8. The highest BCUT2D eigenvalue weighted by atomic mass is 32.2. The van der Waals surface area contributed by atoms with E-state index in [4.69, 9.17) is 18.0 Å². The first-order valence-corrected chi connectivity index (χ1v) is 7.29. The van der Waals surface area contributed by atoms with Crippen molar-refractivity contribution in [1.82, 2.24) is 0 Å². The number of benzene rings is 1. The van der Waals surface area contributed by atoms with Gasteiger partial charge in [0.15, 0.2) is 0 Å². The molecule has 1 aromatic carbocycles. The third-order valence-corrected chi connectivity index (χ3v) is 4.27. The van der Waals surface area contributed by atoms with Crippen LogP contribution in [0, 0.1) is 0 Å². The fourth-order valence-electron chi connectivity index (χ4n) is 1.97. The van der Waals surface area contributed by atoms with E-state index >= 15 is 0 Å². The molecule has 0 amide bonds. The molecule has 104 valence electrons. The lowest BCUT2D eigenvalue weighted by atomic mass is 10.1. The van der Waals surface area contributed by atoms with Crippen molar-refractivity contribution in [3.63, 3.8) is 0 Å². The van der Waals surface area contributed by atoms with E-state index in [9.17, 15) is 13.2 Å². The molecule has 2 rings (SSSR count). The summed E-state index contributed by atoms with van der Waals surface area (Å²) in [4.78, 5) is -0.239. The third-order valence-electron chi connectivity index (χ3n) is 2.89. The molecule has 0 aliphatic carbocycles. The molecule has 0 spiro atoms. The van der Waals surface area contributed by atoms with Crippen molar-refractivity contribution in [2.24, 2.45) is 5.73 Å². The molecule has 7 heteroatoms. The maximum Gasteiger partial charge on any atom is 0.417 e. The summed E-state index contributed by atoms with van der Waals surface area (Å²) in [5, 5.41) is 3.21. The van der Waals surface area contributed by atoms with Crippen LogP contribution >= 0.6 is 24.0 Å².